The normalized spacial score (nSPS) is 21.6. The molecule has 1 saturated heterocycles. The van der Waals surface area contributed by atoms with Crippen LogP contribution in [-0.2, 0) is 4.74 Å². The Morgan fingerprint density at radius 2 is 1.97 bits per heavy atom. The molecule has 1 aromatic carbocycles. The maximum atomic E-state index is 12.5. The van der Waals surface area contributed by atoms with Crippen LogP contribution in [0.5, 0.6) is 0 Å². The fourth-order valence-corrected chi connectivity index (χ4v) is 5.32. The summed E-state index contributed by atoms with van der Waals surface area (Å²) in [7, 11) is 1.95. The van der Waals surface area contributed by atoms with Crippen molar-refractivity contribution in [3.8, 4) is 0 Å². The number of nitrogens with zero attached hydrogens (tertiary/aromatic N) is 5. The summed E-state index contributed by atoms with van der Waals surface area (Å²) >= 11 is 6.51. The maximum Gasteiger partial charge on any atom is 0.410 e. The lowest BCUT2D eigenvalue weighted by Gasteiger charge is -2.39. The van der Waals surface area contributed by atoms with Gasteiger partial charge in [-0.15, -0.1) is 0 Å². The van der Waals surface area contributed by atoms with Gasteiger partial charge >= 0.3 is 6.09 Å². The van der Waals surface area contributed by atoms with Gasteiger partial charge in [0.05, 0.1) is 42.5 Å². The summed E-state index contributed by atoms with van der Waals surface area (Å²) in [6.45, 7) is 6.80. The molecule has 8 nitrogen and oxygen atoms in total. The third-order valence-corrected chi connectivity index (χ3v) is 7.20. The lowest BCUT2D eigenvalue weighted by atomic mass is 9.90. The zero-order chi connectivity index (χ0) is 25.4. The number of amides is 1. The van der Waals surface area contributed by atoms with Crippen LogP contribution in [0.15, 0.2) is 41.5 Å². The Labute approximate surface area is 216 Å². The molecule has 0 spiro atoms. The lowest BCUT2D eigenvalue weighted by molar-refractivity contribution is 0.0513. The molecule has 2 atom stereocenters. The summed E-state index contributed by atoms with van der Waals surface area (Å²) in [6, 6.07) is 9.65. The zero-order valence-electron chi connectivity index (χ0n) is 20.8. The average molecular weight is 507 g/mol. The topological polar surface area (TPSA) is 85.1 Å². The van der Waals surface area contributed by atoms with E-state index < -0.39 is 0 Å². The second kappa shape index (κ2) is 10.0. The van der Waals surface area contributed by atoms with Gasteiger partial charge in [-0.2, -0.15) is 0 Å². The molecule has 0 bridgehead atoms. The Morgan fingerprint density at radius 1 is 1.19 bits per heavy atom. The highest BCUT2D eigenvalue weighted by atomic mass is 35.5. The number of ether oxygens (including phenoxy) is 1. The van der Waals surface area contributed by atoms with Crippen molar-refractivity contribution < 1.29 is 9.53 Å². The molecular weight excluding hydrogens is 476 g/mol. The van der Waals surface area contributed by atoms with E-state index in [9.17, 15) is 4.79 Å². The van der Waals surface area contributed by atoms with Gasteiger partial charge in [-0.1, -0.05) is 23.7 Å². The summed E-state index contributed by atoms with van der Waals surface area (Å²) in [5.41, 5.74) is 5.28. The number of aromatic nitrogens is 1. The van der Waals surface area contributed by atoms with Gasteiger partial charge in [-0.3, -0.25) is 14.9 Å². The quantitative estimate of drug-likeness (QED) is 0.628. The van der Waals surface area contributed by atoms with Crippen molar-refractivity contribution in [2.24, 2.45) is 4.99 Å². The number of nitrogens with one attached hydrogen (secondary N) is 1. The molecular formula is C27H31ClN6O2. The van der Waals surface area contributed by atoms with Crippen molar-refractivity contribution in [1.82, 2.24) is 19.7 Å². The summed E-state index contributed by atoms with van der Waals surface area (Å²) in [6.07, 6.45) is 5.27. The minimum Gasteiger partial charge on any atom is -0.447 e. The van der Waals surface area contributed by atoms with E-state index in [4.69, 9.17) is 26.7 Å². The number of rotatable bonds is 4. The average Bonchev–Trinajstić information content (AvgIpc) is 3.23. The Balaban J connectivity index is 1.53. The van der Waals surface area contributed by atoms with Crippen molar-refractivity contribution >= 4 is 41.4 Å². The van der Waals surface area contributed by atoms with Gasteiger partial charge in [0.2, 0.25) is 0 Å². The molecule has 3 aliphatic rings. The number of fused-ring (bicyclic) bond motifs is 2. The number of carbonyl (C=O) groups is 1. The number of hydrogen-bond donors (Lipinski definition) is 1. The fraction of sp³-hybridized carbons (Fsp3) is 0.407. The number of hydrogen-bond acceptors (Lipinski definition) is 7. The first-order valence-electron chi connectivity index (χ1n) is 12.3. The van der Waals surface area contributed by atoms with E-state index in [0.717, 1.165) is 28.0 Å². The zero-order valence-corrected chi connectivity index (χ0v) is 21.6. The first-order valence-corrected chi connectivity index (χ1v) is 12.7. The van der Waals surface area contributed by atoms with Crippen LogP contribution in [0.3, 0.4) is 0 Å². The van der Waals surface area contributed by atoms with Crippen LogP contribution >= 0.6 is 11.6 Å². The van der Waals surface area contributed by atoms with Crippen LogP contribution in [0.1, 0.15) is 42.3 Å². The van der Waals surface area contributed by atoms with Crippen LogP contribution in [-0.4, -0.2) is 89.7 Å². The van der Waals surface area contributed by atoms with E-state index in [-0.39, 0.29) is 24.3 Å². The third-order valence-electron chi connectivity index (χ3n) is 6.96. The molecule has 9 heteroatoms. The molecule has 2 aliphatic heterocycles. The first kappa shape index (κ1) is 24.5. The van der Waals surface area contributed by atoms with Gasteiger partial charge in [0.1, 0.15) is 0 Å². The van der Waals surface area contributed by atoms with Gasteiger partial charge in [-0.25, -0.2) is 4.79 Å². The van der Waals surface area contributed by atoms with E-state index in [1.54, 1.807) is 11.2 Å². The van der Waals surface area contributed by atoms with Crippen molar-refractivity contribution in [1.29, 1.82) is 5.41 Å². The van der Waals surface area contributed by atoms with E-state index in [0.29, 0.717) is 43.5 Å². The number of carbonyl (C=O) groups excluding carboxylic acids is 1. The van der Waals surface area contributed by atoms with E-state index in [1.807, 2.05) is 50.2 Å². The summed E-state index contributed by atoms with van der Waals surface area (Å²) in [4.78, 5) is 27.8. The molecule has 0 saturated carbocycles. The third kappa shape index (κ3) is 4.63. The second-order valence-electron chi connectivity index (χ2n) is 9.70. The molecule has 0 radical (unpaired) electrons. The van der Waals surface area contributed by atoms with Crippen molar-refractivity contribution in [2.45, 2.75) is 32.0 Å². The summed E-state index contributed by atoms with van der Waals surface area (Å²) < 4.78 is 5.41. The standard InChI is InChI=1S/C27H31ClN6O2/c1-17(2)36-27(35)34-11-9-33(10-12-34)26-20-7-6-19(28)14-21(20)22(13-18-5-4-8-31-25(18)26)24(29)23-15-30-16-32(23)3/h4-8,13-14,16-17,23,26,29H,9-12,15H2,1-3H3/t23?,26-/m0/s1. The van der Waals surface area contributed by atoms with Crippen LogP contribution in [0.25, 0.3) is 11.6 Å². The van der Waals surface area contributed by atoms with Gasteiger partial charge in [0.15, 0.2) is 0 Å². The fourth-order valence-electron chi connectivity index (χ4n) is 5.15. The molecule has 36 heavy (non-hydrogen) atoms. The number of pyridine rings is 1. The largest absolute Gasteiger partial charge is 0.447 e. The number of benzene rings is 1. The highest BCUT2D eigenvalue weighted by molar-refractivity contribution is 6.33. The number of aliphatic imine (C=N–C) groups is 1. The lowest BCUT2D eigenvalue weighted by Crippen LogP contribution is -2.50. The molecule has 5 rings (SSSR count). The van der Waals surface area contributed by atoms with Crippen molar-refractivity contribution in [3.05, 3.63) is 63.9 Å². The molecule has 2 aromatic rings. The molecule has 1 amide bonds. The van der Waals surface area contributed by atoms with Crippen LogP contribution < -0.4 is 0 Å². The highest BCUT2D eigenvalue weighted by Gasteiger charge is 2.36. The van der Waals surface area contributed by atoms with E-state index in [1.165, 1.54) is 0 Å². The van der Waals surface area contributed by atoms with Crippen LogP contribution in [0.4, 0.5) is 4.79 Å². The van der Waals surface area contributed by atoms with Crippen molar-refractivity contribution in [2.75, 3.05) is 39.8 Å². The maximum absolute atomic E-state index is 12.5. The van der Waals surface area contributed by atoms with E-state index in [2.05, 4.69) is 28.1 Å². The molecule has 3 heterocycles. The number of halogens is 1. The summed E-state index contributed by atoms with van der Waals surface area (Å²) in [5.74, 6) is 0. The SMILES string of the molecule is CC(C)OC(=O)N1CCN([C@H]2c3ccc(Cl)cc3C(C(=N)C3CN=CN3C)=Cc3cccnc32)CC1. The van der Waals surface area contributed by atoms with E-state index >= 15 is 0 Å². The Kier molecular flexibility index (Phi) is 6.81. The predicted molar refractivity (Wildman–Crippen MR) is 143 cm³/mol. The van der Waals surface area contributed by atoms with Crippen molar-refractivity contribution in [3.63, 3.8) is 0 Å². The summed E-state index contributed by atoms with van der Waals surface area (Å²) in [5, 5.41) is 9.79. The smallest absolute Gasteiger partial charge is 0.410 e. The van der Waals surface area contributed by atoms with Gasteiger partial charge in [0.25, 0.3) is 0 Å². The first-order chi connectivity index (χ1) is 17.3. The van der Waals surface area contributed by atoms with Gasteiger partial charge < -0.3 is 19.9 Å². The van der Waals surface area contributed by atoms with Crippen LogP contribution in [0, 0.1) is 5.41 Å². The Hall–Kier alpha value is -3.23. The highest BCUT2D eigenvalue weighted by Crippen LogP contribution is 2.41. The Morgan fingerprint density at radius 3 is 2.67 bits per heavy atom. The number of likely N-dealkylation sites (N-methyl/N-ethyl adjacent to an activating group) is 1. The Bertz CT molecular complexity index is 1230. The van der Waals surface area contributed by atoms with Gasteiger partial charge in [-0.05, 0) is 54.8 Å². The molecule has 1 fully saturated rings. The molecule has 1 aromatic heterocycles. The van der Waals surface area contributed by atoms with Gasteiger partial charge in [0, 0.05) is 50.0 Å². The predicted octanol–water partition coefficient (Wildman–Crippen LogP) is 4.20. The molecule has 1 N–H and O–H groups in total. The minimum absolute atomic E-state index is 0.129. The molecule has 188 valence electrons. The molecule has 1 aliphatic carbocycles. The minimum atomic E-state index is -0.267. The van der Waals surface area contributed by atoms with Crippen LogP contribution in [0.2, 0.25) is 5.02 Å². The number of piperazine rings is 1. The molecule has 1 unspecified atom stereocenters. The monoisotopic (exact) mass is 506 g/mol. The second-order valence-corrected chi connectivity index (χ2v) is 10.1.